The van der Waals surface area contributed by atoms with E-state index in [-0.39, 0.29) is 11.3 Å². The predicted molar refractivity (Wildman–Crippen MR) is 63.9 cm³/mol. The van der Waals surface area contributed by atoms with Crippen LogP contribution in [0.15, 0.2) is 18.2 Å². The van der Waals surface area contributed by atoms with Gasteiger partial charge < -0.3 is 19.9 Å². The Bertz CT molecular complexity index is 476. The summed E-state index contributed by atoms with van der Waals surface area (Å²) in [6, 6.07) is 4.25. The van der Waals surface area contributed by atoms with Crippen molar-refractivity contribution in [1.29, 1.82) is 0 Å². The van der Waals surface area contributed by atoms with Gasteiger partial charge in [-0.25, -0.2) is 0 Å². The summed E-state index contributed by atoms with van der Waals surface area (Å²) >= 11 is 0. The van der Waals surface area contributed by atoms with Crippen LogP contribution in [0.5, 0.6) is 11.5 Å². The topological polar surface area (TPSA) is 67.8 Å². The van der Waals surface area contributed by atoms with Crippen molar-refractivity contribution in [3.63, 3.8) is 0 Å². The Morgan fingerprint density at radius 1 is 1.35 bits per heavy atom. The largest absolute Gasteiger partial charge is 0.497 e. The van der Waals surface area contributed by atoms with E-state index >= 15 is 0 Å². The first kappa shape index (κ1) is 16.1. The van der Waals surface area contributed by atoms with E-state index in [2.05, 4.69) is 0 Å². The van der Waals surface area contributed by atoms with Gasteiger partial charge in [-0.05, 0) is 12.1 Å². The third kappa shape index (κ3) is 4.02. The minimum absolute atomic E-state index is 0.0441. The number of aliphatic hydroxyl groups is 1. The Morgan fingerprint density at radius 2 is 2.00 bits per heavy atom. The molecule has 1 aromatic rings. The molecule has 0 saturated carbocycles. The number of nitrogens with one attached hydrogen (secondary N) is 1. The lowest BCUT2D eigenvalue weighted by Crippen LogP contribution is -2.40. The molecular formula is C12H14F3NO4. The molecule has 1 rings (SSSR count). The van der Waals surface area contributed by atoms with Gasteiger partial charge in [-0.1, -0.05) is 0 Å². The van der Waals surface area contributed by atoms with Crippen LogP contribution in [0, 0.1) is 0 Å². The van der Waals surface area contributed by atoms with E-state index in [9.17, 15) is 18.0 Å². The number of benzene rings is 1. The number of hydrogen-bond acceptors (Lipinski definition) is 4. The Hall–Kier alpha value is -1.96. The van der Waals surface area contributed by atoms with Gasteiger partial charge in [-0.2, -0.15) is 13.2 Å². The van der Waals surface area contributed by atoms with E-state index in [1.165, 1.54) is 32.4 Å². The molecule has 1 aromatic carbocycles. The lowest BCUT2D eigenvalue weighted by atomic mass is 10.1. The number of carbonyl (C=O) groups is 1. The standard InChI is InChI=1S/C12H14F3NO4/c1-19-7-3-4-8(9(5-7)20-2)11(18)16-6-10(17)12(13,14)15/h3-5,10,17H,6H2,1-2H3,(H,16,18). The molecule has 8 heteroatoms. The number of carbonyl (C=O) groups excluding carboxylic acids is 1. The van der Waals surface area contributed by atoms with Crippen molar-refractivity contribution in [2.45, 2.75) is 12.3 Å². The van der Waals surface area contributed by atoms with Crippen molar-refractivity contribution in [2.24, 2.45) is 0 Å². The Kier molecular flexibility index (Phi) is 5.20. The summed E-state index contributed by atoms with van der Waals surface area (Å²) in [7, 11) is 2.74. The third-order valence-electron chi connectivity index (χ3n) is 2.49. The second-order valence-corrected chi connectivity index (χ2v) is 3.83. The van der Waals surface area contributed by atoms with Gasteiger partial charge in [0, 0.05) is 6.07 Å². The van der Waals surface area contributed by atoms with Crippen LogP contribution < -0.4 is 14.8 Å². The molecule has 0 radical (unpaired) electrons. The van der Waals surface area contributed by atoms with E-state index in [0.29, 0.717) is 5.75 Å². The van der Waals surface area contributed by atoms with E-state index in [4.69, 9.17) is 14.6 Å². The lowest BCUT2D eigenvalue weighted by molar-refractivity contribution is -0.201. The van der Waals surface area contributed by atoms with Gasteiger partial charge in [-0.3, -0.25) is 4.79 Å². The quantitative estimate of drug-likeness (QED) is 0.860. The summed E-state index contributed by atoms with van der Waals surface area (Å²) in [4.78, 5) is 11.7. The zero-order chi connectivity index (χ0) is 15.3. The van der Waals surface area contributed by atoms with Crippen molar-refractivity contribution in [2.75, 3.05) is 20.8 Å². The first-order valence-electron chi connectivity index (χ1n) is 5.54. The maximum atomic E-state index is 12.1. The summed E-state index contributed by atoms with van der Waals surface area (Å²) in [5.74, 6) is -0.190. The molecule has 0 spiro atoms. The molecule has 0 aliphatic rings. The van der Waals surface area contributed by atoms with Gasteiger partial charge in [0.05, 0.1) is 26.3 Å². The van der Waals surface area contributed by atoms with Gasteiger partial charge in [0.1, 0.15) is 11.5 Å². The van der Waals surface area contributed by atoms with Crippen LogP contribution >= 0.6 is 0 Å². The number of methoxy groups -OCH3 is 2. The van der Waals surface area contributed by atoms with E-state index in [1.54, 1.807) is 0 Å². The van der Waals surface area contributed by atoms with Gasteiger partial charge in [-0.15, -0.1) is 0 Å². The SMILES string of the molecule is COc1ccc(C(=O)NCC(O)C(F)(F)F)c(OC)c1. The summed E-state index contributed by atoms with van der Waals surface area (Å²) in [6.45, 7) is -0.933. The number of aliphatic hydroxyl groups excluding tert-OH is 1. The number of rotatable bonds is 5. The average Bonchev–Trinajstić information content (AvgIpc) is 2.42. The normalized spacial score (nSPS) is 12.7. The molecular weight excluding hydrogens is 279 g/mol. The van der Waals surface area contributed by atoms with Crippen molar-refractivity contribution < 1.29 is 32.5 Å². The smallest absolute Gasteiger partial charge is 0.416 e. The van der Waals surface area contributed by atoms with Crippen LogP contribution in [0.25, 0.3) is 0 Å². The fourth-order valence-corrected chi connectivity index (χ4v) is 1.39. The Labute approximate surface area is 113 Å². The molecule has 0 aliphatic carbocycles. The van der Waals surface area contributed by atoms with Crippen molar-refractivity contribution in [3.8, 4) is 11.5 Å². The second-order valence-electron chi connectivity index (χ2n) is 3.83. The number of ether oxygens (including phenoxy) is 2. The third-order valence-corrected chi connectivity index (χ3v) is 2.49. The maximum absolute atomic E-state index is 12.1. The Balaban J connectivity index is 2.78. The van der Waals surface area contributed by atoms with Crippen molar-refractivity contribution in [3.05, 3.63) is 23.8 Å². The molecule has 0 aliphatic heterocycles. The molecule has 1 amide bonds. The van der Waals surface area contributed by atoms with E-state index in [1.807, 2.05) is 5.32 Å². The first-order chi connectivity index (χ1) is 9.29. The molecule has 5 nitrogen and oxygen atoms in total. The summed E-state index contributed by atoms with van der Waals surface area (Å²) in [6.07, 6.45) is -7.40. The Morgan fingerprint density at radius 3 is 2.50 bits per heavy atom. The van der Waals surface area contributed by atoms with E-state index in [0.717, 1.165) is 0 Å². The fourth-order valence-electron chi connectivity index (χ4n) is 1.39. The van der Waals surface area contributed by atoms with Gasteiger partial charge >= 0.3 is 6.18 Å². The predicted octanol–water partition coefficient (Wildman–Crippen LogP) is 1.36. The molecule has 0 fully saturated rings. The lowest BCUT2D eigenvalue weighted by Gasteiger charge is -2.16. The number of hydrogen-bond donors (Lipinski definition) is 2. The molecule has 1 atom stereocenters. The van der Waals surface area contributed by atoms with Crippen LogP contribution in [0.2, 0.25) is 0 Å². The van der Waals surface area contributed by atoms with Gasteiger partial charge in [0.15, 0.2) is 6.10 Å². The highest BCUT2D eigenvalue weighted by molar-refractivity contribution is 5.97. The monoisotopic (exact) mass is 293 g/mol. The summed E-state index contributed by atoms with van der Waals surface area (Å²) in [5, 5.41) is 10.8. The molecule has 0 aromatic heterocycles. The number of alkyl halides is 3. The highest BCUT2D eigenvalue weighted by Gasteiger charge is 2.38. The average molecular weight is 293 g/mol. The second kappa shape index (κ2) is 6.47. The minimum Gasteiger partial charge on any atom is -0.497 e. The van der Waals surface area contributed by atoms with Crippen LogP contribution in [0.4, 0.5) is 13.2 Å². The zero-order valence-electron chi connectivity index (χ0n) is 10.8. The number of amides is 1. The summed E-state index contributed by atoms with van der Waals surface area (Å²) in [5.41, 5.74) is 0.0441. The van der Waals surface area contributed by atoms with Crippen molar-refractivity contribution in [1.82, 2.24) is 5.32 Å². The minimum atomic E-state index is -4.78. The van der Waals surface area contributed by atoms with E-state index < -0.39 is 24.7 Å². The van der Waals surface area contributed by atoms with Crippen LogP contribution in [-0.4, -0.2) is 44.1 Å². The fraction of sp³-hybridized carbons (Fsp3) is 0.417. The molecule has 1 unspecified atom stereocenters. The molecule has 112 valence electrons. The summed E-state index contributed by atoms with van der Waals surface area (Å²) < 4.78 is 46.2. The number of halogens is 3. The highest BCUT2D eigenvalue weighted by Crippen LogP contribution is 2.24. The van der Waals surface area contributed by atoms with Crippen LogP contribution in [0.1, 0.15) is 10.4 Å². The zero-order valence-corrected chi connectivity index (χ0v) is 10.8. The molecule has 20 heavy (non-hydrogen) atoms. The molecule has 0 heterocycles. The van der Waals surface area contributed by atoms with Crippen molar-refractivity contribution >= 4 is 5.91 Å². The highest BCUT2D eigenvalue weighted by atomic mass is 19.4. The van der Waals surface area contributed by atoms with Gasteiger partial charge in [0.25, 0.3) is 5.91 Å². The van der Waals surface area contributed by atoms with Gasteiger partial charge in [0.2, 0.25) is 0 Å². The molecule has 0 saturated heterocycles. The molecule has 2 N–H and O–H groups in total. The first-order valence-corrected chi connectivity index (χ1v) is 5.54. The maximum Gasteiger partial charge on any atom is 0.416 e. The van der Waals surface area contributed by atoms with Crippen LogP contribution in [0.3, 0.4) is 0 Å². The van der Waals surface area contributed by atoms with Crippen LogP contribution in [-0.2, 0) is 0 Å². The molecule has 0 bridgehead atoms.